The standard InChI is InChI=1S/C22H36N6O2.HI/c1-5-28-13-7-10-19(28)15-25-22(26-16-20(29)27(3)4)24-12-11-17-8-6-9-18(14-17)21(30)23-2;/h6,8-9,14,19H,5,7,10-13,15-16H2,1-4H3,(H,23,30)(H2,24,25,26);1H. The van der Waals surface area contributed by atoms with Crippen molar-refractivity contribution in [3.05, 3.63) is 35.4 Å². The third-order valence-corrected chi connectivity index (χ3v) is 5.40. The summed E-state index contributed by atoms with van der Waals surface area (Å²) in [6.45, 7) is 5.95. The van der Waals surface area contributed by atoms with Gasteiger partial charge in [-0.25, -0.2) is 4.99 Å². The molecule has 0 spiro atoms. The summed E-state index contributed by atoms with van der Waals surface area (Å²) in [5.41, 5.74) is 1.72. The molecule has 0 radical (unpaired) electrons. The van der Waals surface area contributed by atoms with E-state index < -0.39 is 0 Å². The predicted octanol–water partition coefficient (Wildman–Crippen LogP) is 1.31. The summed E-state index contributed by atoms with van der Waals surface area (Å²) >= 11 is 0. The van der Waals surface area contributed by atoms with Crippen LogP contribution in [0.4, 0.5) is 0 Å². The molecule has 0 saturated carbocycles. The molecule has 1 saturated heterocycles. The topological polar surface area (TPSA) is 89.1 Å². The van der Waals surface area contributed by atoms with Gasteiger partial charge in [0.1, 0.15) is 6.54 Å². The van der Waals surface area contributed by atoms with E-state index in [2.05, 4.69) is 32.8 Å². The van der Waals surface area contributed by atoms with Crippen molar-refractivity contribution in [2.75, 3.05) is 53.9 Å². The van der Waals surface area contributed by atoms with Gasteiger partial charge in [-0.2, -0.15) is 0 Å². The molecule has 1 aliphatic rings. The van der Waals surface area contributed by atoms with Crippen LogP contribution in [0.25, 0.3) is 0 Å². The number of halogens is 1. The number of carbonyl (C=O) groups excluding carboxylic acids is 2. The van der Waals surface area contributed by atoms with Crippen molar-refractivity contribution < 1.29 is 9.59 Å². The van der Waals surface area contributed by atoms with E-state index in [0.29, 0.717) is 24.1 Å². The van der Waals surface area contributed by atoms with Gasteiger partial charge in [0.25, 0.3) is 5.91 Å². The Bertz CT molecular complexity index is 740. The lowest BCUT2D eigenvalue weighted by Crippen LogP contribution is -2.45. The third-order valence-electron chi connectivity index (χ3n) is 5.40. The van der Waals surface area contributed by atoms with Crippen LogP contribution in [0.15, 0.2) is 29.3 Å². The largest absolute Gasteiger partial charge is 0.356 e. The molecule has 31 heavy (non-hydrogen) atoms. The first-order valence-electron chi connectivity index (χ1n) is 10.7. The number of guanidine groups is 1. The van der Waals surface area contributed by atoms with Gasteiger partial charge in [0.05, 0.1) is 0 Å². The minimum atomic E-state index is -0.0898. The van der Waals surface area contributed by atoms with Gasteiger partial charge in [0.15, 0.2) is 5.96 Å². The molecule has 0 aromatic heterocycles. The van der Waals surface area contributed by atoms with Crippen molar-refractivity contribution in [2.24, 2.45) is 4.99 Å². The number of benzene rings is 1. The number of carbonyl (C=O) groups is 2. The lowest BCUT2D eigenvalue weighted by Gasteiger charge is -2.24. The molecule has 174 valence electrons. The predicted molar refractivity (Wildman–Crippen MR) is 136 cm³/mol. The molecule has 1 aromatic rings. The number of aliphatic imine (C=N–C) groups is 1. The average Bonchev–Trinajstić information content (AvgIpc) is 3.22. The molecule has 8 nitrogen and oxygen atoms in total. The van der Waals surface area contributed by atoms with Crippen LogP contribution in [0, 0.1) is 0 Å². The molecule has 2 amide bonds. The third kappa shape index (κ3) is 9.02. The molecule has 1 heterocycles. The summed E-state index contributed by atoms with van der Waals surface area (Å²) < 4.78 is 0. The van der Waals surface area contributed by atoms with Gasteiger partial charge in [-0.1, -0.05) is 19.1 Å². The Kier molecular flexibility index (Phi) is 12.5. The normalized spacial score (nSPS) is 16.4. The zero-order chi connectivity index (χ0) is 21.9. The second kappa shape index (κ2) is 14.2. The Morgan fingerprint density at radius 2 is 2.03 bits per heavy atom. The highest BCUT2D eigenvalue weighted by Crippen LogP contribution is 2.15. The van der Waals surface area contributed by atoms with Crippen LogP contribution < -0.4 is 16.0 Å². The number of amides is 2. The van der Waals surface area contributed by atoms with Gasteiger partial charge in [-0.3, -0.25) is 14.5 Å². The lowest BCUT2D eigenvalue weighted by molar-refractivity contribution is -0.127. The SMILES string of the molecule is CCN1CCCC1CNC(=NCC(=O)N(C)C)NCCc1cccc(C(=O)NC)c1.I. The minimum Gasteiger partial charge on any atom is -0.356 e. The Labute approximate surface area is 203 Å². The molecule has 0 aliphatic carbocycles. The van der Waals surface area contributed by atoms with Crippen LogP contribution in [0.1, 0.15) is 35.7 Å². The van der Waals surface area contributed by atoms with E-state index in [4.69, 9.17) is 0 Å². The monoisotopic (exact) mass is 544 g/mol. The molecule has 2 rings (SSSR count). The zero-order valence-electron chi connectivity index (χ0n) is 19.1. The minimum absolute atomic E-state index is 0. The molecule has 9 heteroatoms. The molecule has 3 N–H and O–H groups in total. The Morgan fingerprint density at radius 3 is 2.71 bits per heavy atom. The van der Waals surface area contributed by atoms with Crippen molar-refractivity contribution in [1.29, 1.82) is 0 Å². The van der Waals surface area contributed by atoms with Crippen LogP contribution in [0.3, 0.4) is 0 Å². The quantitative estimate of drug-likeness (QED) is 0.248. The second-order valence-corrected chi connectivity index (χ2v) is 7.71. The van der Waals surface area contributed by atoms with Gasteiger partial charge >= 0.3 is 0 Å². The maximum Gasteiger partial charge on any atom is 0.251 e. The van der Waals surface area contributed by atoms with E-state index in [-0.39, 0.29) is 42.3 Å². The Hall–Kier alpha value is -1.88. The molecule has 1 atom stereocenters. The van der Waals surface area contributed by atoms with E-state index in [1.165, 1.54) is 12.8 Å². The maximum absolute atomic E-state index is 11.9. The Morgan fingerprint density at radius 1 is 1.26 bits per heavy atom. The highest BCUT2D eigenvalue weighted by atomic mass is 127. The van der Waals surface area contributed by atoms with Gasteiger partial charge in [-0.15, -0.1) is 24.0 Å². The second-order valence-electron chi connectivity index (χ2n) is 7.71. The highest BCUT2D eigenvalue weighted by molar-refractivity contribution is 14.0. The maximum atomic E-state index is 11.9. The number of hydrogen-bond acceptors (Lipinski definition) is 4. The van der Waals surface area contributed by atoms with E-state index in [1.807, 2.05) is 18.2 Å². The van der Waals surface area contributed by atoms with Gasteiger partial charge in [0.2, 0.25) is 5.91 Å². The summed E-state index contributed by atoms with van der Waals surface area (Å²) in [5, 5.41) is 9.39. The zero-order valence-corrected chi connectivity index (χ0v) is 21.4. The first-order chi connectivity index (χ1) is 14.4. The number of likely N-dealkylation sites (N-methyl/N-ethyl adjacent to an activating group) is 2. The lowest BCUT2D eigenvalue weighted by atomic mass is 10.1. The van der Waals surface area contributed by atoms with E-state index >= 15 is 0 Å². The number of rotatable bonds is 9. The van der Waals surface area contributed by atoms with Crippen molar-refractivity contribution >= 4 is 41.8 Å². The molecule has 1 aromatic carbocycles. The van der Waals surface area contributed by atoms with Crippen LogP contribution in [0.5, 0.6) is 0 Å². The van der Waals surface area contributed by atoms with Crippen molar-refractivity contribution in [3.8, 4) is 0 Å². The first-order valence-corrected chi connectivity index (χ1v) is 10.7. The van der Waals surface area contributed by atoms with Gasteiger partial charge in [-0.05, 0) is 50.0 Å². The van der Waals surface area contributed by atoms with Crippen molar-refractivity contribution in [3.63, 3.8) is 0 Å². The molecule has 1 fully saturated rings. The number of hydrogen-bond donors (Lipinski definition) is 3. The van der Waals surface area contributed by atoms with Crippen molar-refractivity contribution in [1.82, 2.24) is 25.8 Å². The molecular formula is C22H37IN6O2. The summed E-state index contributed by atoms with van der Waals surface area (Å²) in [7, 11) is 5.09. The molecule has 1 unspecified atom stereocenters. The summed E-state index contributed by atoms with van der Waals surface area (Å²) in [5.74, 6) is 0.522. The number of nitrogens with zero attached hydrogens (tertiary/aromatic N) is 3. The highest BCUT2D eigenvalue weighted by Gasteiger charge is 2.22. The van der Waals surface area contributed by atoms with Gasteiger partial charge in [0, 0.05) is 45.8 Å². The van der Waals surface area contributed by atoms with Crippen LogP contribution >= 0.6 is 24.0 Å². The fourth-order valence-corrected chi connectivity index (χ4v) is 3.56. The summed E-state index contributed by atoms with van der Waals surface area (Å²) in [6, 6.07) is 8.10. The first kappa shape index (κ1) is 27.2. The molecular weight excluding hydrogens is 507 g/mol. The summed E-state index contributed by atoms with van der Waals surface area (Å²) in [4.78, 5) is 32.2. The smallest absolute Gasteiger partial charge is 0.251 e. The van der Waals surface area contributed by atoms with Crippen LogP contribution in [-0.4, -0.2) is 87.5 Å². The molecule has 1 aliphatic heterocycles. The Balaban J connectivity index is 0.00000480. The van der Waals surface area contributed by atoms with Gasteiger partial charge < -0.3 is 20.9 Å². The number of nitrogens with one attached hydrogen (secondary N) is 3. The average molecular weight is 544 g/mol. The van der Waals surface area contributed by atoms with E-state index in [0.717, 1.165) is 31.6 Å². The van der Waals surface area contributed by atoms with Crippen molar-refractivity contribution in [2.45, 2.75) is 32.2 Å². The van der Waals surface area contributed by atoms with E-state index in [1.54, 1.807) is 32.1 Å². The fourth-order valence-electron chi connectivity index (χ4n) is 3.56. The fraction of sp³-hybridized carbons (Fsp3) is 0.591. The van der Waals surface area contributed by atoms with Crippen LogP contribution in [-0.2, 0) is 11.2 Å². The van der Waals surface area contributed by atoms with Crippen LogP contribution in [0.2, 0.25) is 0 Å². The number of likely N-dealkylation sites (tertiary alicyclic amines) is 1. The van der Waals surface area contributed by atoms with E-state index in [9.17, 15) is 9.59 Å². The summed E-state index contributed by atoms with van der Waals surface area (Å²) in [6.07, 6.45) is 3.15. The molecule has 0 bridgehead atoms.